The van der Waals surface area contributed by atoms with E-state index in [-0.39, 0.29) is 12.2 Å². The zero-order valence-electron chi connectivity index (χ0n) is 17.9. The number of hydrogen-bond donors (Lipinski definition) is 1. The van der Waals surface area contributed by atoms with Gasteiger partial charge in [-0.15, -0.1) is 11.3 Å². The van der Waals surface area contributed by atoms with E-state index in [1.54, 1.807) is 11.3 Å². The van der Waals surface area contributed by atoms with E-state index in [9.17, 15) is 0 Å². The van der Waals surface area contributed by atoms with Crippen LogP contribution in [0.5, 0.6) is 0 Å². The van der Waals surface area contributed by atoms with Crippen LogP contribution in [0.1, 0.15) is 54.3 Å². The number of aromatic nitrogens is 1. The zero-order valence-corrected chi connectivity index (χ0v) is 18.7. The molecule has 0 spiro atoms. The molecular formula is C25H33N3OS. The predicted molar refractivity (Wildman–Crippen MR) is 126 cm³/mol. The summed E-state index contributed by atoms with van der Waals surface area (Å²) in [6.45, 7) is 2.97. The molecule has 4 nitrogen and oxygen atoms in total. The molecule has 0 amide bonds. The highest BCUT2D eigenvalue weighted by molar-refractivity contribution is 7.18. The van der Waals surface area contributed by atoms with Gasteiger partial charge in [-0.05, 0) is 69.0 Å². The van der Waals surface area contributed by atoms with Gasteiger partial charge >= 0.3 is 0 Å². The number of nitrogens with two attached hydrogens (primary N) is 1. The third kappa shape index (κ3) is 5.46. The number of aryl methyl sites for hydroxylation is 1. The van der Waals surface area contributed by atoms with Gasteiger partial charge in [-0.2, -0.15) is 0 Å². The monoisotopic (exact) mass is 423 g/mol. The Bertz CT molecular complexity index is 900. The molecule has 2 heterocycles. The van der Waals surface area contributed by atoms with Crippen LogP contribution >= 0.6 is 11.3 Å². The molecule has 1 unspecified atom stereocenters. The Labute approximate surface area is 184 Å². The van der Waals surface area contributed by atoms with Crippen molar-refractivity contribution in [2.75, 3.05) is 26.7 Å². The standard InChI is InChI=1S/C25H33N3OS/c1-28-16-13-21(14-17-28)29-24(25-27-22-11-4-5-12-23(22)30-25)20-10-7-9-19(18-20)8-3-2-6-15-26/h4-5,7,9-12,18,21,24H,2-3,6,8,13-17,26H2,1H3. The average molecular weight is 424 g/mol. The van der Waals surface area contributed by atoms with Crippen molar-refractivity contribution in [2.24, 2.45) is 5.73 Å². The number of benzene rings is 2. The Kier molecular flexibility index (Phi) is 7.50. The lowest BCUT2D eigenvalue weighted by atomic mass is 10.0. The van der Waals surface area contributed by atoms with Gasteiger partial charge in [0.05, 0.1) is 16.3 Å². The number of rotatable bonds is 9. The molecule has 1 aliphatic heterocycles. The molecule has 0 bridgehead atoms. The van der Waals surface area contributed by atoms with Gasteiger partial charge in [-0.25, -0.2) is 4.98 Å². The maximum Gasteiger partial charge on any atom is 0.134 e. The van der Waals surface area contributed by atoms with Crippen molar-refractivity contribution < 1.29 is 4.74 Å². The lowest BCUT2D eigenvalue weighted by Gasteiger charge is -2.31. The van der Waals surface area contributed by atoms with Gasteiger partial charge < -0.3 is 15.4 Å². The number of para-hydroxylation sites is 1. The summed E-state index contributed by atoms with van der Waals surface area (Å²) in [5.41, 5.74) is 9.31. The Hall–Kier alpha value is -1.79. The van der Waals surface area contributed by atoms with E-state index in [0.717, 1.165) is 55.8 Å². The summed E-state index contributed by atoms with van der Waals surface area (Å²) in [5, 5.41) is 1.07. The van der Waals surface area contributed by atoms with Crippen molar-refractivity contribution in [2.45, 2.75) is 50.7 Å². The van der Waals surface area contributed by atoms with Gasteiger partial charge in [0.15, 0.2) is 0 Å². The summed E-state index contributed by atoms with van der Waals surface area (Å²) >= 11 is 1.76. The van der Waals surface area contributed by atoms with Crippen molar-refractivity contribution in [1.29, 1.82) is 0 Å². The number of nitrogens with zero attached hydrogens (tertiary/aromatic N) is 2. The number of piperidine rings is 1. The van der Waals surface area contributed by atoms with Crippen LogP contribution in [-0.4, -0.2) is 42.7 Å². The van der Waals surface area contributed by atoms with Crippen LogP contribution in [-0.2, 0) is 11.2 Å². The SMILES string of the molecule is CN1CCC(OC(c2cccc(CCCCCN)c2)c2nc3ccccc3s2)CC1. The highest BCUT2D eigenvalue weighted by Gasteiger charge is 2.26. The third-order valence-corrected chi connectivity index (χ3v) is 7.03. The minimum Gasteiger partial charge on any atom is -0.363 e. The van der Waals surface area contributed by atoms with Crippen LogP contribution in [0.4, 0.5) is 0 Å². The summed E-state index contributed by atoms with van der Waals surface area (Å²) < 4.78 is 7.97. The first-order valence-corrected chi connectivity index (χ1v) is 12.0. The molecule has 160 valence electrons. The van der Waals surface area contributed by atoms with Crippen LogP contribution in [0.25, 0.3) is 10.2 Å². The fraction of sp³-hybridized carbons (Fsp3) is 0.480. The second-order valence-electron chi connectivity index (χ2n) is 8.38. The maximum atomic E-state index is 6.74. The van der Waals surface area contributed by atoms with Crippen molar-refractivity contribution in [1.82, 2.24) is 9.88 Å². The van der Waals surface area contributed by atoms with Gasteiger partial charge in [-0.1, -0.05) is 42.8 Å². The Morgan fingerprint density at radius 3 is 2.73 bits per heavy atom. The summed E-state index contributed by atoms with van der Waals surface area (Å²) in [6, 6.07) is 17.3. The zero-order chi connectivity index (χ0) is 20.8. The molecule has 1 atom stereocenters. The van der Waals surface area contributed by atoms with E-state index in [1.807, 2.05) is 0 Å². The molecule has 30 heavy (non-hydrogen) atoms. The van der Waals surface area contributed by atoms with Crippen LogP contribution in [0.2, 0.25) is 0 Å². The smallest absolute Gasteiger partial charge is 0.134 e. The Morgan fingerprint density at radius 1 is 1.10 bits per heavy atom. The first-order valence-electron chi connectivity index (χ1n) is 11.2. The van der Waals surface area contributed by atoms with E-state index >= 15 is 0 Å². The van der Waals surface area contributed by atoms with Crippen LogP contribution in [0.15, 0.2) is 48.5 Å². The molecule has 0 aliphatic carbocycles. The van der Waals surface area contributed by atoms with Crippen LogP contribution in [0.3, 0.4) is 0 Å². The highest BCUT2D eigenvalue weighted by atomic mass is 32.1. The van der Waals surface area contributed by atoms with Crippen molar-refractivity contribution in [3.05, 3.63) is 64.7 Å². The lowest BCUT2D eigenvalue weighted by molar-refractivity contribution is -0.0234. The molecule has 2 aromatic carbocycles. The van der Waals surface area contributed by atoms with Gasteiger partial charge in [0.25, 0.3) is 0 Å². The van der Waals surface area contributed by atoms with Crippen molar-refractivity contribution in [3.63, 3.8) is 0 Å². The molecule has 1 aliphatic rings. The van der Waals surface area contributed by atoms with E-state index < -0.39 is 0 Å². The van der Waals surface area contributed by atoms with E-state index in [2.05, 4.69) is 60.5 Å². The molecule has 1 aromatic heterocycles. The summed E-state index contributed by atoms with van der Waals surface area (Å²) in [7, 11) is 2.19. The maximum absolute atomic E-state index is 6.74. The normalized spacial score (nSPS) is 16.9. The first kappa shape index (κ1) is 21.4. The molecule has 0 radical (unpaired) electrons. The Balaban J connectivity index is 1.58. The van der Waals surface area contributed by atoms with Crippen LogP contribution in [0, 0.1) is 0 Å². The molecular weight excluding hydrogens is 390 g/mol. The van der Waals surface area contributed by atoms with Gasteiger partial charge in [0.2, 0.25) is 0 Å². The molecule has 2 N–H and O–H groups in total. The molecule has 5 heteroatoms. The minimum atomic E-state index is -0.0974. The van der Waals surface area contributed by atoms with Gasteiger partial charge in [0, 0.05) is 13.1 Å². The molecule has 3 aromatic rings. The van der Waals surface area contributed by atoms with Crippen molar-refractivity contribution in [3.8, 4) is 0 Å². The summed E-state index contributed by atoms with van der Waals surface area (Å²) in [5.74, 6) is 0. The van der Waals surface area contributed by atoms with Crippen LogP contribution < -0.4 is 5.73 Å². The van der Waals surface area contributed by atoms with E-state index in [1.165, 1.54) is 28.7 Å². The van der Waals surface area contributed by atoms with Gasteiger partial charge in [0.1, 0.15) is 11.1 Å². The number of hydrogen-bond acceptors (Lipinski definition) is 5. The lowest BCUT2D eigenvalue weighted by Crippen LogP contribution is -2.35. The second kappa shape index (κ2) is 10.5. The first-order chi connectivity index (χ1) is 14.7. The van der Waals surface area contributed by atoms with E-state index in [0.29, 0.717) is 0 Å². The number of likely N-dealkylation sites (tertiary alicyclic amines) is 1. The number of thiazole rings is 1. The van der Waals surface area contributed by atoms with Gasteiger partial charge in [-0.3, -0.25) is 0 Å². The molecule has 0 saturated carbocycles. The number of ether oxygens (including phenoxy) is 1. The topological polar surface area (TPSA) is 51.4 Å². The number of unbranched alkanes of at least 4 members (excludes halogenated alkanes) is 2. The largest absolute Gasteiger partial charge is 0.363 e. The predicted octanol–water partition coefficient (Wildman–Crippen LogP) is 5.17. The minimum absolute atomic E-state index is 0.0974. The fourth-order valence-electron chi connectivity index (χ4n) is 4.16. The Morgan fingerprint density at radius 2 is 1.93 bits per heavy atom. The second-order valence-corrected chi connectivity index (χ2v) is 9.45. The average Bonchev–Trinajstić information content (AvgIpc) is 3.20. The fourth-order valence-corrected chi connectivity index (χ4v) is 5.19. The summed E-state index contributed by atoms with van der Waals surface area (Å²) in [4.78, 5) is 7.34. The molecule has 1 fully saturated rings. The number of fused-ring (bicyclic) bond motifs is 1. The summed E-state index contributed by atoms with van der Waals surface area (Å²) in [6.07, 6.45) is 6.91. The van der Waals surface area contributed by atoms with Crippen molar-refractivity contribution >= 4 is 21.6 Å². The highest BCUT2D eigenvalue weighted by Crippen LogP contribution is 2.35. The third-order valence-electron chi connectivity index (χ3n) is 5.95. The van der Waals surface area contributed by atoms with E-state index in [4.69, 9.17) is 15.5 Å². The quantitative estimate of drug-likeness (QED) is 0.483. The molecule has 4 rings (SSSR count). The molecule has 1 saturated heterocycles.